The Morgan fingerprint density at radius 2 is 1.90 bits per heavy atom. The summed E-state index contributed by atoms with van der Waals surface area (Å²) in [6.07, 6.45) is 0. The second-order valence-corrected chi connectivity index (χ2v) is 9.94. The molecule has 204 valence electrons. The van der Waals surface area contributed by atoms with Gasteiger partial charge in [-0.3, -0.25) is 14.7 Å². The number of benzene rings is 3. The molecule has 0 saturated carbocycles. The molecule has 12 heteroatoms. The summed E-state index contributed by atoms with van der Waals surface area (Å²) in [5.74, 6) is 1.53. The highest BCUT2D eigenvalue weighted by molar-refractivity contribution is 7.99. The van der Waals surface area contributed by atoms with E-state index in [1.54, 1.807) is 31.2 Å². The van der Waals surface area contributed by atoms with E-state index in [4.69, 9.17) is 25.8 Å². The Morgan fingerprint density at radius 3 is 2.56 bits per heavy atom. The molecular formula is C27H26ClFN4O5S. The van der Waals surface area contributed by atoms with Crippen LogP contribution in [-0.2, 0) is 6.61 Å². The van der Waals surface area contributed by atoms with Gasteiger partial charge < -0.3 is 14.2 Å². The third-order valence-electron chi connectivity index (χ3n) is 5.66. The van der Waals surface area contributed by atoms with Crippen molar-refractivity contribution in [2.24, 2.45) is 0 Å². The van der Waals surface area contributed by atoms with Crippen LogP contribution < -0.4 is 14.2 Å². The molecule has 4 aromatic rings. The molecule has 0 aliphatic heterocycles. The van der Waals surface area contributed by atoms with Crippen LogP contribution in [0.2, 0.25) is 5.02 Å². The minimum Gasteiger partial charge on any atom is -0.494 e. The molecule has 0 amide bonds. The molecule has 0 saturated heterocycles. The number of thioether (sulfide) groups is 1. The fourth-order valence-electron chi connectivity index (χ4n) is 3.90. The van der Waals surface area contributed by atoms with Crippen molar-refractivity contribution in [1.29, 1.82) is 0 Å². The summed E-state index contributed by atoms with van der Waals surface area (Å²) in [4.78, 5) is 11.2. The summed E-state index contributed by atoms with van der Waals surface area (Å²) in [5.41, 5.74) is 1.96. The molecule has 1 aromatic heterocycles. The normalized spacial score (nSPS) is 11.7. The van der Waals surface area contributed by atoms with Crippen LogP contribution in [-0.4, -0.2) is 39.9 Å². The van der Waals surface area contributed by atoms with Crippen molar-refractivity contribution >= 4 is 23.4 Å². The van der Waals surface area contributed by atoms with E-state index < -0.39 is 16.7 Å². The van der Waals surface area contributed by atoms with Gasteiger partial charge in [0.1, 0.15) is 29.2 Å². The number of hydrogen-bond donors (Lipinski definition) is 0. The maximum absolute atomic E-state index is 13.5. The lowest BCUT2D eigenvalue weighted by atomic mass is 10.1. The number of hydrogen-bond acceptors (Lipinski definition) is 8. The van der Waals surface area contributed by atoms with Crippen LogP contribution in [0.3, 0.4) is 0 Å². The molecule has 0 bridgehead atoms. The van der Waals surface area contributed by atoms with Gasteiger partial charge in [0.15, 0.2) is 16.7 Å². The van der Waals surface area contributed by atoms with Crippen molar-refractivity contribution < 1.29 is 23.5 Å². The Kier molecular flexibility index (Phi) is 9.26. The Balaban J connectivity index is 1.63. The van der Waals surface area contributed by atoms with Gasteiger partial charge in [-0.05, 0) is 73.5 Å². The number of aryl methyl sites for hydroxylation is 1. The molecule has 0 aliphatic rings. The number of rotatable bonds is 12. The second-order valence-electron chi connectivity index (χ2n) is 8.37. The van der Waals surface area contributed by atoms with E-state index in [1.165, 1.54) is 31.0 Å². The Hall–Kier alpha value is -3.83. The zero-order valence-electron chi connectivity index (χ0n) is 21.5. The largest absolute Gasteiger partial charge is 0.494 e. The van der Waals surface area contributed by atoms with Crippen LogP contribution in [0.15, 0.2) is 65.8 Å². The summed E-state index contributed by atoms with van der Waals surface area (Å²) in [6, 6.07) is 16.7. The zero-order valence-corrected chi connectivity index (χ0v) is 23.0. The predicted octanol–water partition coefficient (Wildman–Crippen LogP) is 6.46. The molecule has 0 radical (unpaired) electrons. The lowest BCUT2D eigenvalue weighted by molar-refractivity contribution is -0.479. The van der Waals surface area contributed by atoms with E-state index in [0.29, 0.717) is 34.5 Å². The maximum atomic E-state index is 13.5. The Morgan fingerprint density at radius 1 is 1.13 bits per heavy atom. The standard InChI is InChI=1S/C27H26ClFN4O5S/c1-4-37-22-10-8-21(9-11-22)33-17(2)30-31-27(33)39-25(15-32(34)35)19-13-23(28)26(24(14-19)36-3)38-16-18-6-5-7-20(29)12-18/h5-14,25H,4,15-16H2,1-3H3/t25-/m0/s1. The number of halogens is 2. The molecule has 9 nitrogen and oxygen atoms in total. The minimum absolute atomic E-state index is 0.0602. The van der Waals surface area contributed by atoms with Crippen molar-refractivity contribution in [2.45, 2.75) is 30.9 Å². The lowest BCUT2D eigenvalue weighted by Gasteiger charge is -2.18. The quantitative estimate of drug-likeness (QED) is 0.108. The second kappa shape index (κ2) is 12.8. The van der Waals surface area contributed by atoms with Gasteiger partial charge in [-0.1, -0.05) is 35.5 Å². The number of ether oxygens (including phenoxy) is 3. The van der Waals surface area contributed by atoms with Crippen LogP contribution in [0, 0.1) is 22.9 Å². The average molecular weight is 573 g/mol. The van der Waals surface area contributed by atoms with Crippen LogP contribution >= 0.6 is 23.4 Å². The summed E-state index contributed by atoms with van der Waals surface area (Å²) >= 11 is 7.76. The third kappa shape index (κ3) is 6.98. The first-order valence-electron chi connectivity index (χ1n) is 12.0. The first-order chi connectivity index (χ1) is 18.8. The smallest absolute Gasteiger partial charge is 0.220 e. The van der Waals surface area contributed by atoms with Gasteiger partial charge in [0.25, 0.3) is 0 Å². The highest BCUT2D eigenvalue weighted by Crippen LogP contribution is 2.43. The van der Waals surface area contributed by atoms with Gasteiger partial charge in [-0.25, -0.2) is 4.39 Å². The molecular weight excluding hydrogens is 547 g/mol. The fraction of sp³-hybridized carbons (Fsp3) is 0.259. The number of aromatic nitrogens is 3. The van der Waals surface area contributed by atoms with Crippen molar-refractivity contribution in [3.8, 4) is 22.9 Å². The number of nitro groups is 1. The van der Waals surface area contributed by atoms with Gasteiger partial charge in [0.2, 0.25) is 6.54 Å². The van der Waals surface area contributed by atoms with Crippen LogP contribution in [0.1, 0.15) is 29.1 Å². The average Bonchev–Trinajstić information content (AvgIpc) is 3.27. The molecule has 0 aliphatic carbocycles. The van der Waals surface area contributed by atoms with Gasteiger partial charge in [0.05, 0.1) is 18.7 Å². The molecule has 3 aromatic carbocycles. The predicted molar refractivity (Wildman–Crippen MR) is 146 cm³/mol. The molecule has 0 fully saturated rings. The highest BCUT2D eigenvalue weighted by atomic mass is 35.5. The zero-order chi connectivity index (χ0) is 27.9. The van der Waals surface area contributed by atoms with Gasteiger partial charge in [-0.15, -0.1) is 10.2 Å². The first kappa shape index (κ1) is 28.2. The Labute approximate surface area is 234 Å². The topological polar surface area (TPSA) is 102 Å². The minimum atomic E-state index is -0.672. The van der Waals surface area contributed by atoms with Crippen LogP contribution in [0.25, 0.3) is 5.69 Å². The Bertz CT molecular complexity index is 1450. The SMILES string of the molecule is CCOc1ccc(-n2c(C)nnc2S[C@@H](C[N+](=O)[O-])c2cc(Cl)c(OCc3cccc(F)c3)c(OC)c2)cc1. The maximum Gasteiger partial charge on any atom is 0.220 e. The first-order valence-corrected chi connectivity index (χ1v) is 13.2. The molecule has 1 atom stereocenters. The lowest BCUT2D eigenvalue weighted by Crippen LogP contribution is -2.12. The van der Waals surface area contributed by atoms with Gasteiger partial charge in [-0.2, -0.15) is 0 Å². The molecule has 1 heterocycles. The highest BCUT2D eigenvalue weighted by Gasteiger charge is 2.26. The number of nitrogens with zero attached hydrogens (tertiary/aromatic N) is 4. The summed E-state index contributed by atoms with van der Waals surface area (Å²) < 4.78 is 32.2. The summed E-state index contributed by atoms with van der Waals surface area (Å²) in [7, 11) is 1.45. The molecule has 4 rings (SSSR count). The monoisotopic (exact) mass is 572 g/mol. The van der Waals surface area contributed by atoms with E-state index >= 15 is 0 Å². The van der Waals surface area contributed by atoms with Crippen molar-refractivity contribution in [2.75, 3.05) is 20.3 Å². The van der Waals surface area contributed by atoms with E-state index in [1.807, 2.05) is 35.8 Å². The van der Waals surface area contributed by atoms with Crippen molar-refractivity contribution in [1.82, 2.24) is 14.8 Å². The van der Waals surface area contributed by atoms with E-state index in [9.17, 15) is 14.5 Å². The molecule has 0 unspecified atom stereocenters. The van der Waals surface area contributed by atoms with Gasteiger partial charge in [0, 0.05) is 10.6 Å². The van der Waals surface area contributed by atoms with E-state index in [0.717, 1.165) is 11.4 Å². The van der Waals surface area contributed by atoms with E-state index in [2.05, 4.69) is 10.2 Å². The van der Waals surface area contributed by atoms with Crippen LogP contribution in [0.5, 0.6) is 17.2 Å². The van der Waals surface area contributed by atoms with Crippen molar-refractivity contribution in [3.05, 3.63) is 98.6 Å². The molecule has 39 heavy (non-hydrogen) atoms. The third-order valence-corrected chi connectivity index (χ3v) is 7.12. The summed E-state index contributed by atoms with van der Waals surface area (Å²) in [5, 5.41) is 20.1. The van der Waals surface area contributed by atoms with Crippen molar-refractivity contribution in [3.63, 3.8) is 0 Å². The summed E-state index contributed by atoms with van der Waals surface area (Å²) in [6.45, 7) is 3.93. The van der Waals surface area contributed by atoms with Gasteiger partial charge >= 0.3 is 0 Å². The van der Waals surface area contributed by atoms with E-state index in [-0.39, 0.29) is 23.2 Å². The molecule has 0 spiro atoms. The number of methoxy groups -OCH3 is 1. The molecule has 0 N–H and O–H groups in total. The fourth-order valence-corrected chi connectivity index (χ4v) is 5.32. The van der Waals surface area contributed by atoms with Crippen LogP contribution in [0.4, 0.5) is 4.39 Å².